The van der Waals surface area contributed by atoms with E-state index in [9.17, 15) is 4.79 Å². The van der Waals surface area contributed by atoms with Crippen LogP contribution < -0.4 is 9.64 Å². The van der Waals surface area contributed by atoms with Crippen molar-refractivity contribution in [3.8, 4) is 5.75 Å². The third-order valence-corrected chi connectivity index (χ3v) is 5.53. The molecule has 3 aromatic rings. The summed E-state index contributed by atoms with van der Waals surface area (Å²) in [7, 11) is 0. The summed E-state index contributed by atoms with van der Waals surface area (Å²) in [5.41, 5.74) is 1.98. The van der Waals surface area contributed by atoms with E-state index in [2.05, 4.69) is 11.8 Å². The summed E-state index contributed by atoms with van der Waals surface area (Å²) in [6, 6.07) is 15.1. The highest BCUT2D eigenvalue weighted by Crippen LogP contribution is 2.23. The Morgan fingerprint density at radius 1 is 0.938 bits per heavy atom. The maximum atomic E-state index is 10.9. The Balaban J connectivity index is 1.47. The van der Waals surface area contributed by atoms with Gasteiger partial charge in [0.05, 0.1) is 12.2 Å². The molecule has 0 atom stereocenters. The van der Waals surface area contributed by atoms with E-state index in [4.69, 9.17) is 19.2 Å². The van der Waals surface area contributed by atoms with Crippen LogP contribution in [0.2, 0.25) is 0 Å². The predicted molar refractivity (Wildman–Crippen MR) is 128 cm³/mol. The molecular formula is C26H34N2O4. The highest BCUT2D eigenvalue weighted by Gasteiger charge is 2.13. The number of hydrogen-bond donors (Lipinski definition) is 1. The first kappa shape index (κ1) is 23.6. The number of unbranched alkanes of at least 4 members (excludes halogenated alkanes) is 6. The summed E-state index contributed by atoms with van der Waals surface area (Å²) in [6.07, 6.45) is 9.39. The van der Waals surface area contributed by atoms with Gasteiger partial charge < -0.3 is 19.2 Å². The van der Waals surface area contributed by atoms with Gasteiger partial charge in [0.15, 0.2) is 5.58 Å². The Kier molecular flexibility index (Phi) is 9.41. The lowest BCUT2D eigenvalue weighted by molar-refractivity contribution is 0.0697. The lowest BCUT2D eigenvalue weighted by Gasteiger charge is -2.20. The molecule has 3 rings (SSSR count). The molecule has 0 spiro atoms. The van der Waals surface area contributed by atoms with Crippen molar-refractivity contribution in [3.63, 3.8) is 0 Å². The summed E-state index contributed by atoms with van der Waals surface area (Å²) in [4.78, 5) is 17.9. The largest absolute Gasteiger partial charge is 0.494 e. The lowest BCUT2D eigenvalue weighted by atomic mass is 10.1. The number of oxazole rings is 1. The van der Waals surface area contributed by atoms with Crippen LogP contribution in [0.5, 0.6) is 5.75 Å². The second kappa shape index (κ2) is 12.7. The third-order valence-electron chi connectivity index (χ3n) is 5.53. The molecule has 0 bridgehead atoms. The van der Waals surface area contributed by atoms with Gasteiger partial charge in [0, 0.05) is 13.1 Å². The summed E-state index contributed by atoms with van der Waals surface area (Å²) in [5, 5.41) is 8.97. The van der Waals surface area contributed by atoms with Crippen LogP contribution in [0, 0.1) is 0 Å². The van der Waals surface area contributed by atoms with Crippen LogP contribution in [-0.4, -0.2) is 35.8 Å². The highest BCUT2D eigenvalue weighted by molar-refractivity contribution is 5.87. The molecule has 1 aromatic heterocycles. The van der Waals surface area contributed by atoms with Gasteiger partial charge in [-0.15, -0.1) is 0 Å². The van der Waals surface area contributed by atoms with Crippen molar-refractivity contribution in [1.82, 2.24) is 4.98 Å². The van der Waals surface area contributed by atoms with Crippen LogP contribution in [0.1, 0.15) is 68.6 Å². The van der Waals surface area contributed by atoms with Crippen molar-refractivity contribution in [3.05, 3.63) is 54.1 Å². The standard InChI is InChI=1S/C26H34N2O4/c1-2-3-4-5-6-9-18-28(26-27-23-12-7-8-13-24(23)32-26)19-10-11-20-31-22-16-14-21(15-17-22)25(29)30/h7-8,12-17H,2-6,9-11,18-20H2,1H3,(H,29,30). The molecule has 2 aromatic carbocycles. The molecule has 6 nitrogen and oxygen atoms in total. The maximum Gasteiger partial charge on any atom is 0.335 e. The summed E-state index contributed by atoms with van der Waals surface area (Å²) >= 11 is 0. The van der Waals surface area contributed by atoms with Crippen LogP contribution >= 0.6 is 0 Å². The van der Waals surface area contributed by atoms with E-state index in [1.807, 2.05) is 24.3 Å². The average molecular weight is 439 g/mol. The van der Waals surface area contributed by atoms with Crippen molar-refractivity contribution < 1.29 is 19.1 Å². The summed E-state index contributed by atoms with van der Waals surface area (Å²) in [5.74, 6) is -0.237. The fourth-order valence-electron chi connectivity index (χ4n) is 3.67. The Morgan fingerprint density at radius 3 is 2.34 bits per heavy atom. The fourth-order valence-corrected chi connectivity index (χ4v) is 3.67. The maximum absolute atomic E-state index is 10.9. The number of para-hydroxylation sites is 2. The van der Waals surface area contributed by atoms with E-state index in [0.717, 1.165) is 43.5 Å². The van der Waals surface area contributed by atoms with Crippen molar-refractivity contribution >= 4 is 23.1 Å². The normalized spacial score (nSPS) is 11.0. The number of carboxylic acids is 1. The van der Waals surface area contributed by atoms with Gasteiger partial charge in [0.2, 0.25) is 0 Å². The van der Waals surface area contributed by atoms with Gasteiger partial charge in [-0.2, -0.15) is 4.98 Å². The Hall–Kier alpha value is -3.02. The number of nitrogens with zero attached hydrogens (tertiary/aromatic N) is 2. The van der Waals surface area contributed by atoms with Crippen LogP contribution in [-0.2, 0) is 0 Å². The number of benzene rings is 2. The van der Waals surface area contributed by atoms with Crippen molar-refractivity contribution in [2.75, 3.05) is 24.6 Å². The van der Waals surface area contributed by atoms with Crippen molar-refractivity contribution in [2.45, 2.75) is 58.3 Å². The van der Waals surface area contributed by atoms with Gasteiger partial charge in [-0.05, 0) is 55.7 Å². The first-order chi connectivity index (χ1) is 15.7. The zero-order valence-electron chi connectivity index (χ0n) is 19.0. The number of anilines is 1. The van der Waals surface area contributed by atoms with Crippen LogP contribution in [0.4, 0.5) is 6.01 Å². The molecule has 0 aliphatic rings. The topological polar surface area (TPSA) is 75.8 Å². The minimum Gasteiger partial charge on any atom is -0.494 e. The summed E-state index contributed by atoms with van der Waals surface area (Å²) < 4.78 is 11.8. The molecule has 0 fully saturated rings. The predicted octanol–water partition coefficient (Wildman–Crippen LogP) is 6.55. The van der Waals surface area contributed by atoms with Gasteiger partial charge in [0.1, 0.15) is 11.3 Å². The quantitative estimate of drug-likeness (QED) is 0.271. The number of aromatic nitrogens is 1. The molecule has 6 heteroatoms. The van der Waals surface area contributed by atoms with E-state index in [1.165, 1.54) is 32.1 Å². The Morgan fingerprint density at radius 2 is 1.62 bits per heavy atom. The molecule has 0 saturated carbocycles. The van der Waals surface area contributed by atoms with Crippen molar-refractivity contribution in [2.24, 2.45) is 0 Å². The third kappa shape index (κ3) is 7.29. The number of fused-ring (bicyclic) bond motifs is 1. The second-order valence-corrected chi connectivity index (χ2v) is 8.10. The van der Waals surface area contributed by atoms with Crippen molar-refractivity contribution in [1.29, 1.82) is 0 Å². The number of carboxylic acid groups (broad SMARTS) is 1. The second-order valence-electron chi connectivity index (χ2n) is 8.10. The van der Waals surface area contributed by atoms with Gasteiger partial charge in [0.25, 0.3) is 6.01 Å². The fraction of sp³-hybridized carbons (Fsp3) is 0.462. The molecule has 0 saturated heterocycles. The number of ether oxygens (including phenoxy) is 1. The number of rotatable bonds is 15. The van der Waals surface area contributed by atoms with Gasteiger partial charge in [-0.25, -0.2) is 4.79 Å². The van der Waals surface area contributed by atoms with E-state index >= 15 is 0 Å². The molecule has 0 aliphatic carbocycles. The minimum atomic E-state index is -0.929. The van der Waals surface area contributed by atoms with Crippen LogP contribution in [0.25, 0.3) is 11.1 Å². The monoisotopic (exact) mass is 438 g/mol. The molecule has 0 radical (unpaired) electrons. The number of carbonyl (C=O) groups is 1. The smallest absolute Gasteiger partial charge is 0.335 e. The number of aromatic carboxylic acids is 1. The van der Waals surface area contributed by atoms with Crippen LogP contribution in [0.3, 0.4) is 0 Å². The van der Waals surface area contributed by atoms with Gasteiger partial charge in [-0.3, -0.25) is 0 Å². The molecule has 0 amide bonds. The zero-order valence-corrected chi connectivity index (χ0v) is 19.0. The first-order valence-corrected chi connectivity index (χ1v) is 11.7. The Bertz CT molecular complexity index is 919. The van der Waals surface area contributed by atoms with Gasteiger partial charge in [-0.1, -0.05) is 51.2 Å². The summed E-state index contributed by atoms with van der Waals surface area (Å²) in [6.45, 7) is 4.63. The molecule has 32 heavy (non-hydrogen) atoms. The molecule has 1 N–H and O–H groups in total. The van der Waals surface area contributed by atoms with E-state index in [0.29, 0.717) is 18.4 Å². The van der Waals surface area contributed by atoms with E-state index in [-0.39, 0.29) is 5.56 Å². The molecule has 0 unspecified atom stereocenters. The molecule has 172 valence electrons. The van der Waals surface area contributed by atoms with Gasteiger partial charge >= 0.3 is 5.97 Å². The lowest BCUT2D eigenvalue weighted by Crippen LogP contribution is -2.26. The highest BCUT2D eigenvalue weighted by atomic mass is 16.5. The number of hydrogen-bond acceptors (Lipinski definition) is 5. The minimum absolute atomic E-state index is 0.265. The molecule has 0 aliphatic heterocycles. The average Bonchev–Trinajstić information content (AvgIpc) is 3.24. The first-order valence-electron chi connectivity index (χ1n) is 11.7. The van der Waals surface area contributed by atoms with Crippen LogP contribution in [0.15, 0.2) is 52.9 Å². The van der Waals surface area contributed by atoms with E-state index < -0.39 is 5.97 Å². The van der Waals surface area contributed by atoms with E-state index in [1.54, 1.807) is 24.3 Å². The molecular weight excluding hydrogens is 404 g/mol. The molecule has 1 heterocycles. The Labute approximate surface area is 190 Å². The SMILES string of the molecule is CCCCCCCCN(CCCCOc1ccc(C(=O)O)cc1)c1nc2ccccc2o1. The zero-order chi connectivity index (χ0) is 22.6.